The molecule has 4 N–H and O–H groups in total. The number of hydrogen-bond donors (Lipinski definition) is 4. The van der Waals surface area contributed by atoms with Crippen LogP contribution in [0.3, 0.4) is 0 Å². The minimum atomic E-state index is -1.18. The van der Waals surface area contributed by atoms with Crippen molar-refractivity contribution < 1.29 is 20.4 Å². The third kappa shape index (κ3) is 1.50. The second kappa shape index (κ2) is 3.17. The first-order chi connectivity index (χ1) is 4.63. The predicted octanol–water partition coefficient (Wildman–Crippen LogP) is -2.48. The van der Waals surface area contributed by atoms with Crippen LogP contribution in [0.25, 0.3) is 0 Å². The molecule has 0 aromatic heterocycles. The summed E-state index contributed by atoms with van der Waals surface area (Å²) in [5.74, 6) is 0. The van der Waals surface area contributed by atoms with Crippen LogP contribution in [0.5, 0.6) is 0 Å². The Morgan fingerprint density at radius 1 is 1.00 bits per heavy atom. The van der Waals surface area contributed by atoms with Crippen LogP contribution in [0.4, 0.5) is 0 Å². The predicted molar refractivity (Wildman–Crippen MR) is 34.6 cm³/mol. The fourth-order valence-corrected chi connectivity index (χ4v) is 2.78. The molecule has 0 aromatic rings. The minimum absolute atomic E-state index is 0.169. The molecule has 1 heterocycles. The number of aliphatic hydroxyl groups excluding tert-OH is 4. The molecular weight excluding hydrogens is 203 g/mol. The third-order valence-electron chi connectivity index (χ3n) is 1.47. The first-order valence-corrected chi connectivity index (χ1v) is 5.17. The number of hydrogen-bond acceptors (Lipinski definition) is 4. The van der Waals surface area contributed by atoms with E-state index in [0.29, 0.717) is 5.32 Å². The third-order valence-corrected chi connectivity index (χ3v) is 3.90. The van der Waals surface area contributed by atoms with Gasteiger partial charge >= 0.3 is 64.0 Å². The summed E-state index contributed by atoms with van der Waals surface area (Å²) in [6.45, 7) is 0. The summed E-state index contributed by atoms with van der Waals surface area (Å²) in [6.07, 6.45) is -3.20. The fourth-order valence-electron chi connectivity index (χ4n) is 0.791. The molecule has 1 aliphatic rings. The molecular formula is C5H10O4Se. The van der Waals surface area contributed by atoms with Crippen LogP contribution in [0.2, 0.25) is 5.32 Å². The van der Waals surface area contributed by atoms with Gasteiger partial charge in [-0.05, 0) is 0 Å². The van der Waals surface area contributed by atoms with Crippen molar-refractivity contribution >= 4 is 15.0 Å². The molecule has 4 atom stereocenters. The second-order valence-electron chi connectivity index (χ2n) is 2.27. The van der Waals surface area contributed by atoms with Crippen LogP contribution in [0, 0.1) is 0 Å². The van der Waals surface area contributed by atoms with E-state index in [2.05, 4.69) is 0 Å². The average Bonchev–Trinajstić information content (AvgIpc) is 1.93. The van der Waals surface area contributed by atoms with Crippen molar-refractivity contribution in [2.24, 2.45) is 0 Å². The average molecular weight is 213 g/mol. The van der Waals surface area contributed by atoms with Gasteiger partial charge in [0.15, 0.2) is 0 Å². The van der Waals surface area contributed by atoms with E-state index in [1.54, 1.807) is 0 Å². The van der Waals surface area contributed by atoms with Gasteiger partial charge in [-0.15, -0.1) is 0 Å². The van der Waals surface area contributed by atoms with Gasteiger partial charge in [-0.3, -0.25) is 0 Å². The van der Waals surface area contributed by atoms with E-state index < -0.39 is 23.3 Å². The summed E-state index contributed by atoms with van der Waals surface area (Å²) in [5, 5.41) is 35.5. The van der Waals surface area contributed by atoms with E-state index in [9.17, 15) is 0 Å². The van der Waals surface area contributed by atoms with Crippen molar-refractivity contribution in [3.63, 3.8) is 0 Å². The van der Waals surface area contributed by atoms with Gasteiger partial charge in [-0.25, -0.2) is 0 Å². The van der Waals surface area contributed by atoms with Gasteiger partial charge in [0, 0.05) is 0 Å². The van der Waals surface area contributed by atoms with E-state index in [-0.39, 0.29) is 15.0 Å². The van der Waals surface area contributed by atoms with E-state index >= 15 is 0 Å². The molecule has 5 heteroatoms. The van der Waals surface area contributed by atoms with Crippen molar-refractivity contribution in [3.8, 4) is 0 Å². The maximum absolute atomic E-state index is 8.97. The molecule has 0 aromatic carbocycles. The Morgan fingerprint density at radius 3 is 2.10 bits per heavy atom. The Labute approximate surface area is 64.7 Å². The molecule has 0 bridgehead atoms. The molecule has 0 saturated carbocycles. The quantitative estimate of drug-likeness (QED) is 0.336. The van der Waals surface area contributed by atoms with Gasteiger partial charge in [0.25, 0.3) is 0 Å². The molecule has 10 heavy (non-hydrogen) atoms. The van der Waals surface area contributed by atoms with Crippen molar-refractivity contribution in [2.45, 2.75) is 28.6 Å². The molecule has 0 amide bonds. The zero-order valence-corrected chi connectivity index (χ0v) is 6.93. The standard InChI is InChI=1S/C5H10O4Se/c6-2-1-10-5(9)4(8)3(2)7/h2-9H,1H2/t2-,3+,4?,5-/m1/s1. The topological polar surface area (TPSA) is 80.9 Å². The molecule has 1 fully saturated rings. The Balaban J connectivity index is 2.52. The van der Waals surface area contributed by atoms with Crippen molar-refractivity contribution in [2.75, 3.05) is 0 Å². The molecule has 0 aliphatic carbocycles. The fraction of sp³-hybridized carbons (Fsp3) is 1.00. The molecule has 1 aliphatic heterocycles. The molecule has 1 unspecified atom stereocenters. The summed E-state index contributed by atoms with van der Waals surface area (Å²) in [6, 6.07) is 0. The van der Waals surface area contributed by atoms with Gasteiger partial charge in [-0.2, -0.15) is 0 Å². The molecule has 1 rings (SSSR count). The van der Waals surface area contributed by atoms with Gasteiger partial charge in [-0.1, -0.05) is 0 Å². The van der Waals surface area contributed by atoms with Crippen LogP contribution in [0.15, 0.2) is 0 Å². The maximum atomic E-state index is 8.97. The monoisotopic (exact) mass is 214 g/mol. The zero-order chi connectivity index (χ0) is 7.72. The first-order valence-electron chi connectivity index (χ1n) is 2.97. The number of aliphatic hydroxyl groups is 4. The Hall–Kier alpha value is 0.359. The summed E-state index contributed by atoms with van der Waals surface area (Å²) < 4.78 is 0. The van der Waals surface area contributed by atoms with Gasteiger partial charge in [0.05, 0.1) is 0 Å². The summed E-state index contributed by atoms with van der Waals surface area (Å²) >= 11 is -0.169. The van der Waals surface area contributed by atoms with Crippen molar-refractivity contribution in [1.82, 2.24) is 0 Å². The van der Waals surface area contributed by atoms with Crippen LogP contribution < -0.4 is 0 Å². The molecule has 0 spiro atoms. The Kier molecular flexibility index (Phi) is 2.68. The van der Waals surface area contributed by atoms with E-state index in [4.69, 9.17) is 20.4 Å². The summed E-state index contributed by atoms with van der Waals surface area (Å²) in [5.41, 5.74) is 0. The van der Waals surface area contributed by atoms with Crippen LogP contribution in [-0.2, 0) is 0 Å². The second-order valence-corrected chi connectivity index (χ2v) is 4.68. The summed E-state index contributed by atoms with van der Waals surface area (Å²) in [4.78, 5) is 0. The molecule has 0 radical (unpaired) electrons. The van der Waals surface area contributed by atoms with Gasteiger partial charge in [0.2, 0.25) is 0 Å². The Morgan fingerprint density at radius 2 is 1.60 bits per heavy atom. The Bertz CT molecular complexity index is 106. The normalized spacial score (nSPS) is 49.2. The van der Waals surface area contributed by atoms with Crippen LogP contribution in [-0.4, -0.2) is 58.7 Å². The van der Waals surface area contributed by atoms with Crippen molar-refractivity contribution in [3.05, 3.63) is 0 Å². The summed E-state index contributed by atoms with van der Waals surface area (Å²) in [7, 11) is 0. The number of rotatable bonds is 0. The molecule has 4 nitrogen and oxygen atoms in total. The SMILES string of the molecule is OC1[C@H](O)[Se]C[C@@H](O)[C@@H]1O. The van der Waals surface area contributed by atoms with Gasteiger partial charge < -0.3 is 0 Å². The van der Waals surface area contributed by atoms with Crippen LogP contribution in [0.1, 0.15) is 0 Å². The van der Waals surface area contributed by atoms with Crippen molar-refractivity contribution in [1.29, 1.82) is 0 Å². The van der Waals surface area contributed by atoms with E-state index in [1.165, 1.54) is 0 Å². The molecule has 60 valence electrons. The van der Waals surface area contributed by atoms with E-state index in [1.807, 2.05) is 0 Å². The van der Waals surface area contributed by atoms with Gasteiger partial charge in [0.1, 0.15) is 0 Å². The zero-order valence-electron chi connectivity index (χ0n) is 5.21. The first kappa shape index (κ1) is 8.46. The molecule has 1 saturated heterocycles. The van der Waals surface area contributed by atoms with Crippen LogP contribution >= 0.6 is 0 Å². The van der Waals surface area contributed by atoms with E-state index in [0.717, 1.165) is 0 Å².